The molecule has 140 valence electrons. The van der Waals surface area contributed by atoms with Crippen molar-refractivity contribution in [1.82, 2.24) is 10.2 Å². The maximum absolute atomic E-state index is 12.0. The number of rotatable bonds is 8. The van der Waals surface area contributed by atoms with Crippen molar-refractivity contribution >= 4 is 12.1 Å². The number of hydrogen-bond donors (Lipinski definition) is 2. The maximum Gasteiger partial charge on any atom is 0.408 e. The van der Waals surface area contributed by atoms with Gasteiger partial charge in [0.2, 0.25) is 0 Å². The summed E-state index contributed by atoms with van der Waals surface area (Å²) < 4.78 is 5.22. The molecule has 1 aliphatic rings. The Balaban J connectivity index is 2.79. The zero-order valence-corrected chi connectivity index (χ0v) is 15.9. The summed E-state index contributed by atoms with van der Waals surface area (Å²) in [6, 6.07) is -0.909. The van der Waals surface area contributed by atoms with Gasteiger partial charge >= 0.3 is 12.1 Å². The van der Waals surface area contributed by atoms with Crippen molar-refractivity contribution in [3.63, 3.8) is 0 Å². The quantitative estimate of drug-likeness (QED) is 0.708. The van der Waals surface area contributed by atoms with Crippen molar-refractivity contribution in [1.29, 1.82) is 0 Å². The minimum atomic E-state index is -0.994. The standard InChI is InChI=1S/C18H34N2O4/c1-6-20(7-2)13-18(10-8-9-11-18)12-14(15(21)22)19-16(23)24-17(3,4)5/h14H,6-13H2,1-5H3,(H,19,23)(H,21,22). The molecule has 1 fully saturated rings. The van der Waals surface area contributed by atoms with Crippen LogP contribution in [0, 0.1) is 5.41 Å². The highest BCUT2D eigenvalue weighted by molar-refractivity contribution is 5.80. The van der Waals surface area contributed by atoms with Gasteiger partial charge in [-0.25, -0.2) is 9.59 Å². The third kappa shape index (κ3) is 6.67. The summed E-state index contributed by atoms with van der Waals surface area (Å²) in [5.74, 6) is -0.994. The first kappa shape index (κ1) is 20.7. The molecule has 1 amide bonds. The van der Waals surface area contributed by atoms with Crippen LogP contribution in [-0.4, -0.2) is 53.3 Å². The van der Waals surface area contributed by atoms with Crippen LogP contribution in [0.3, 0.4) is 0 Å². The molecule has 0 spiro atoms. The Morgan fingerprint density at radius 1 is 1.21 bits per heavy atom. The number of amides is 1. The Bertz CT molecular complexity index is 421. The molecule has 1 saturated carbocycles. The highest BCUT2D eigenvalue weighted by Crippen LogP contribution is 2.42. The van der Waals surface area contributed by atoms with Crippen LogP contribution in [0.15, 0.2) is 0 Å². The van der Waals surface area contributed by atoms with Crippen LogP contribution in [0.5, 0.6) is 0 Å². The van der Waals surface area contributed by atoms with E-state index in [-0.39, 0.29) is 5.41 Å². The van der Waals surface area contributed by atoms with Crippen molar-refractivity contribution < 1.29 is 19.4 Å². The van der Waals surface area contributed by atoms with Gasteiger partial charge < -0.3 is 20.1 Å². The van der Waals surface area contributed by atoms with Crippen LogP contribution < -0.4 is 5.32 Å². The molecule has 1 atom stereocenters. The van der Waals surface area contributed by atoms with Crippen LogP contribution in [0.1, 0.15) is 66.7 Å². The highest BCUT2D eigenvalue weighted by Gasteiger charge is 2.40. The molecule has 0 aliphatic heterocycles. The van der Waals surface area contributed by atoms with Crippen molar-refractivity contribution in [3.8, 4) is 0 Å². The Morgan fingerprint density at radius 3 is 2.17 bits per heavy atom. The number of alkyl carbamates (subject to hydrolysis) is 1. The van der Waals surface area contributed by atoms with E-state index in [4.69, 9.17) is 4.74 Å². The summed E-state index contributed by atoms with van der Waals surface area (Å²) in [5, 5.41) is 12.1. The van der Waals surface area contributed by atoms with Gasteiger partial charge in [0.1, 0.15) is 11.6 Å². The van der Waals surface area contributed by atoms with Crippen LogP contribution in [0.25, 0.3) is 0 Å². The zero-order valence-electron chi connectivity index (χ0n) is 15.9. The molecule has 0 saturated heterocycles. The number of hydrogen-bond acceptors (Lipinski definition) is 4. The molecule has 6 heteroatoms. The van der Waals surface area contributed by atoms with E-state index >= 15 is 0 Å². The Hall–Kier alpha value is -1.30. The number of carbonyl (C=O) groups excluding carboxylic acids is 1. The first-order valence-corrected chi connectivity index (χ1v) is 9.05. The molecule has 1 rings (SSSR count). The molecule has 2 N–H and O–H groups in total. The Kier molecular flexibility index (Phi) is 7.52. The molecule has 0 heterocycles. The van der Waals surface area contributed by atoms with Crippen LogP contribution in [0.4, 0.5) is 4.79 Å². The number of carbonyl (C=O) groups is 2. The van der Waals surface area contributed by atoms with Gasteiger partial charge in [0, 0.05) is 6.54 Å². The van der Waals surface area contributed by atoms with Gasteiger partial charge in [-0.15, -0.1) is 0 Å². The van der Waals surface area contributed by atoms with Gasteiger partial charge in [-0.2, -0.15) is 0 Å². The lowest BCUT2D eigenvalue weighted by Gasteiger charge is -2.36. The molecule has 0 aromatic heterocycles. The molecular weight excluding hydrogens is 308 g/mol. The molecule has 0 bridgehead atoms. The molecule has 1 aliphatic carbocycles. The monoisotopic (exact) mass is 342 g/mol. The summed E-state index contributed by atoms with van der Waals surface area (Å²) in [7, 11) is 0. The first-order valence-electron chi connectivity index (χ1n) is 9.05. The predicted octanol–water partition coefficient (Wildman–Crippen LogP) is 3.26. The molecule has 0 aromatic carbocycles. The fourth-order valence-electron chi connectivity index (χ4n) is 3.56. The van der Waals surface area contributed by atoms with E-state index in [1.165, 1.54) is 0 Å². The largest absolute Gasteiger partial charge is 0.480 e. The molecule has 1 unspecified atom stereocenters. The van der Waals surface area contributed by atoms with Crippen molar-refractivity contribution in [3.05, 3.63) is 0 Å². The highest BCUT2D eigenvalue weighted by atomic mass is 16.6. The third-order valence-corrected chi connectivity index (χ3v) is 4.74. The predicted molar refractivity (Wildman–Crippen MR) is 94.1 cm³/mol. The van der Waals surface area contributed by atoms with E-state index in [1.807, 2.05) is 0 Å². The van der Waals surface area contributed by atoms with Crippen molar-refractivity contribution in [2.75, 3.05) is 19.6 Å². The summed E-state index contributed by atoms with van der Waals surface area (Å²) in [6.07, 6.45) is 4.08. The van der Waals surface area contributed by atoms with E-state index in [2.05, 4.69) is 24.1 Å². The minimum Gasteiger partial charge on any atom is -0.480 e. The number of ether oxygens (including phenoxy) is 1. The number of nitrogens with one attached hydrogen (secondary N) is 1. The lowest BCUT2D eigenvalue weighted by Crippen LogP contribution is -2.48. The van der Waals surface area contributed by atoms with Crippen molar-refractivity contribution in [2.45, 2.75) is 78.4 Å². The van der Waals surface area contributed by atoms with Gasteiger partial charge in [-0.1, -0.05) is 26.7 Å². The van der Waals surface area contributed by atoms with E-state index in [1.54, 1.807) is 20.8 Å². The zero-order chi connectivity index (χ0) is 18.4. The second-order valence-corrected chi connectivity index (χ2v) is 7.91. The third-order valence-electron chi connectivity index (χ3n) is 4.74. The SMILES string of the molecule is CCN(CC)CC1(CC(NC(=O)OC(C)(C)C)C(=O)O)CCCC1. The maximum atomic E-state index is 12.0. The van der Waals surface area contributed by atoms with E-state index in [9.17, 15) is 14.7 Å². The summed E-state index contributed by atoms with van der Waals surface area (Å²) in [5.41, 5.74) is -0.677. The van der Waals surface area contributed by atoms with Crippen LogP contribution >= 0.6 is 0 Å². The Morgan fingerprint density at radius 2 is 1.75 bits per heavy atom. The van der Waals surface area contributed by atoms with Gasteiger partial charge in [-0.05, 0) is 58.5 Å². The molecule has 0 aromatic rings. The van der Waals surface area contributed by atoms with E-state index < -0.39 is 23.7 Å². The van der Waals surface area contributed by atoms with Gasteiger partial charge in [0.15, 0.2) is 0 Å². The second kappa shape index (κ2) is 8.70. The fraction of sp³-hybridized carbons (Fsp3) is 0.889. The van der Waals surface area contributed by atoms with Gasteiger partial charge in [0.25, 0.3) is 0 Å². The van der Waals surface area contributed by atoms with E-state index in [0.29, 0.717) is 6.42 Å². The number of carboxylic acids is 1. The summed E-state index contributed by atoms with van der Waals surface area (Å²) in [4.78, 5) is 26.0. The Labute approximate surface area is 145 Å². The number of aliphatic carboxylic acids is 1. The second-order valence-electron chi connectivity index (χ2n) is 7.91. The van der Waals surface area contributed by atoms with Gasteiger partial charge in [-0.3, -0.25) is 0 Å². The molecular formula is C18H34N2O4. The normalized spacial score (nSPS) is 18.4. The minimum absolute atomic E-state index is 0.0376. The first-order chi connectivity index (χ1) is 11.1. The smallest absolute Gasteiger partial charge is 0.408 e. The lowest BCUT2D eigenvalue weighted by atomic mass is 9.79. The summed E-state index contributed by atoms with van der Waals surface area (Å²) in [6.45, 7) is 12.3. The van der Waals surface area contributed by atoms with Crippen molar-refractivity contribution in [2.24, 2.45) is 5.41 Å². The average molecular weight is 342 g/mol. The van der Waals surface area contributed by atoms with Crippen LogP contribution in [0.2, 0.25) is 0 Å². The summed E-state index contributed by atoms with van der Waals surface area (Å²) >= 11 is 0. The molecule has 24 heavy (non-hydrogen) atoms. The molecule has 0 radical (unpaired) electrons. The van der Waals surface area contributed by atoms with E-state index in [0.717, 1.165) is 45.3 Å². The lowest BCUT2D eigenvalue weighted by molar-refractivity contribution is -0.140. The number of carboxylic acid groups (broad SMARTS) is 1. The fourth-order valence-corrected chi connectivity index (χ4v) is 3.56. The number of nitrogens with zero attached hydrogens (tertiary/aromatic N) is 1. The average Bonchev–Trinajstić information content (AvgIpc) is 2.90. The molecule has 6 nitrogen and oxygen atoms in total. The topological polar surface area (TPSA) is 78.9 Å². The van der Waals surface area contributed by atoms with Crippen LogP contribution in [-0.2, 0) is 9.53 Å². The van der Waals surface area contributed by atoms with Gasteiger partial charge in [0.05, 0.1) is 0 Å².